The molecule has 3 aromatic rings. The van der Waals surface area contributed by atoms with Gasteiger partial charge in [-0.15, -0.1) is 11.8 Å². The highest BCUT2D eigenvalue weighted by Crippen LogP contribution is 2.45. The monoisotopic (exact) mass is 422 g/mol. The fourth-order valence-corrected chi connectivity index (χ4v) is 5.11. The Labute approximate surface area is 180 Å². The Hall–Kier alpha value is -2.93. The summed E-state index contributed by atoms with van der Waals surface area (Å²) < 4.78 is 3.44. The van der Waals surface area contributed by atoms with E-state index in [4.69, 9.17) is 0 Å². The van der Waals surface area contributed by atoms with Crippen molar-refractivity contribution in [2.75, 3.05) is 23.9 Å². The smallest absolute Gasteiger partial charge is 0.295 e. The highest BCUT2D eigenvalue weighted by atomic mass is 32.2. The number of hydrogen-bond donors (Lipinski definition) is 0. The van der Waals surface area contributed by atoms with Crippen LogP contribution in [0.1, 0.15) is 23.6 Å². The third-order valence-electron chi connectivity index (χ3n) is 5.61. The standard InChI is InChI=1S/C23H26N4O2S/c1-15-20(22(29)27(25(15)5)19-9-7-6-8-10-19)26-21(28)16(2)30-23(26)17-11-13-18(14-12-17)24(3)4/h6-14,16,23H,1-5H3/t16-,23-/m1/s1. The number of para-hydroxylation sites is 1. The van der Waals surface area contributed by atoms with Gasteiger partial charge in [-0.3, -0.25) is 19.2 Å². The molecule has 1 aliphatic heterocycles. The van der Waals surface area contributed by atoms with Crippen LogP contribution < -0.4 is 15.4 Å². The van der Waals surface area contributed by atoms with Crippen molar-refractivity contribution in [2.45, 2.75) is 24.5 Å². The Balaban J connectivity index is 1.83. The maximum Gasteiger partial charge on any atom is 0.295 e. The number of hydrogen-bond acceptors (Lipinski definition) is 4. The first-order valence-corrected chi connectivity index (χ1v) is 10.9. The Morgan fingerprint density at radius 3 is 2.20 bits per heavy atom. The van der Waals surface area contributed by atoms with Gasteiger partial charge in [0.15, 0.2) is 0 Å². The summed E-state index contributed by atoms with van der Waals surface area (Å²) in [7, 11) is 5.85. The lowest BCUT2D eigenvalue weighted by atomic mass is 10.1. The molecule has 7 heteroatoms. The van der Waals surface area contributed by atoms with Gasteiger partial charge >= 0.3 is 0 Å². The van der Waals surface area contributed by atoms with Gasteiger partial charge in [-0.1, -0.05) is 30.3 Å². The van der Waals surface area contributed by atoms with E-state index in [-0.39, 0.29) is 22.1 Å². The van der Waals surface area contributed by atoms with E-state index in [2.05, 4.69) is 0 Å². The molecule has 2 atom stereocenters. The molecule has 0 N–H and O–H groups in total. The third kappa shape index (κ3) is 3.23. The number of rotatable bonds is 4. The van der Waals surface area contributed by atoms with Crippen LogP contribution in [0.4, 0.5) is 11.4 Å². The Bertz CT molecular complexity index is 1130. The second kappa shape index (κ2) is 7.72. The first-order valence-electron chi connectivity index (χ1n) is 9.91. The fraction of sp³-hybridized carbons (Fsp3) is 0.304. The van der Waals surface area contributed by atoms with E-state index in [1.54, 1.807) is 21.3 Å². The molecule has 0 radical (unpaired) electrons. The molecule has 0 bridgehead atoms. The Morgan fingerprint density at radius 2 is 1.60 bits per heavy atom. The molecule has 1 aromatic heterocycles. The topological polar surface area (TPSA) is 50.5 Å². The predicted molar refractivity (Wildman–Crippen MR) is 124 cm³/mol. The van der Waals surface area contributed by atoms with E-state index in [1.807, 2.05) is 99.2 Å². The first-order chi connectivity index (χ1) is 14.3. The zero-order valence-electron chi connectivity index (χ0n) is 17.9. The van der Waals surface area contributed by atoms with E-state index in [9.17, 15) is 9.59 Å². The van der Waals surface area contributed by atoms with Gasteiger partial charge in [0.25, 0.3) is 5.56 Å². The molecule has 2 aromatic carbocycles. The second-order valence-electron chi connectivity index (χ2n) is 7.73. The summed E-state index contributed by atoms with van der Waals surface area (Å²) in [5, 5.41) is -0.450. The molecule has 1 fully saturated rings. The van der Waals surface area contributed by atoms with E-state index in [0.717, 1.165) is 22.6 Å². The van der Waals surface area contributed by atoms with Crippen LogP contribution in [0.3, 0.4) is 0 Å². The number of amides is 1. The van der Waals surface area contributed by atoms with Crippen LogP contribution >= 0.6 is 11.8 Å². The quantitative estimate of drug-likeness (QED) is 0.643. The highest BCUT2D eigenvalue weighted by molar-refractivity contribution is 8.01. The number of thioether (sulfide) groups is 1. The van der Waals surface area contributed by atoms with E-state index in [0.29, 0.717) is 5.69 Å². The molecule has 0 unspecified atom stereocenters. The van der Waals surface area contributed by atoms with Crippen molar-refractivity contribution in [1.29, 1.82) is 0 Å². The van der Waals surface area contributed by atoms with Crippen molar-refractivity contribution in [3.05, 3.63) is 76.2 Å². The molecule has 1 amide bonds. The number of benzene rings is 2. The molecular weight excluding hydrogens is 396 g/mol. The van der Waals surface area contributed by atoms with Crippen molar-refractivity contribution < 1.29 is 4.79 Å². The minimum Gasteiger partial charge on any atom is -0.378 e. The predicted octanol–water partition coefficient (Wildman–Crippen LogP) is 3.72. The van der Waals surface area contributed by atoms with Crippen molar-refractivity contribution in [3.8, 4) is 5.69 Å². The van der Waals surface area contributed by atoms with Crippen molar-refractivity contribution in [2.24, 2.45) is 7.05 Å². The number of nitrogens with zero attached hydrogens (tertiary/aromatic N) is 4. The molecule has 2 heterocycles. The lowest BCUT2D eigenvalue weighted by molar-refractivity contribution is -0.117. The molecule has 30 heavy (non-hydrogen) atoms. The van der Waals surface area contributed by atoms with Crippen LogP contribution in [0.5, 0.6) is 0 Å². The summed E-state index contributed by atoms with van der Waals surface area (Å²) >= 11 is 1.58. The van der Waals surface area contributed by atoms with Crippen LogP contribution in [0.25, 0.3) is 5.69 Å². The molecule has 0 saturated carbocycles. The minimum absolute atomic E-state index is 0.0345. The maximum absolute atomic E-state index is 13.5. The molecule has 0 spiro atoms. The van der Waals surface area contributed by atoms with Crippen LogP contribution in [-0.2, 0) is 11.8 Å². The lowest BCUT2D eigenvalue weighted by Crippen LogP contribution is -2.34. The lowest BCUT2D eigenvalue weighted by Gasteiger charge is -2.23. The van der Waals surface area contributed by atoms with Crippen LogP contribution in [0.15, 0.2) is 59.4 Å². The zero-order valence-corrected chi connectivity index (χ0v) is 18.7. The number of carbonyl (C=O) groups excluding carboxylic acids is 1. The molecule has 1 saturated heterocycles. The number of carbonyl (C=O) groups is 1. The average molecular weight is 423 g/mol. The molecule has 156 valence electrons. The van der Waals surface area contributed by atoms with Gasteiger partial charge in [-0.25, -0.2) is 4.68 Å². The van der Waals surface area contributed by atoms with Gasteiger partial charge in [0.05, 0.1) is 16.6 Å². The van der Waals surface area contributed by atoms with Gasteiger partial charge in [-0.2, -0.15) is 0 Å². The average Bonchev–Trinajstić information content (AvgIpc) is 3.15. The molecule has 6 nitrogen and oxygen atoms in total. The number of aromatic nitrogens is 2. The third-order valence-corrected chi connectivity index (χ3v) is 6.96. The maximum atomic E-state index is 13.5. The summed E-state index contributed by atoms with van der Waals surface area (Å²) in [6.07, 6.45) is 0. The molecular formula is C23H26N4O2S. The molecule has 1 aliphatic rings. The zero-order chi connectivity index (χ0) is 21.6. The second-order valence-corrected chi connectivity index (χ2v) is 9.16. The van der Waals surface area contributed by atoms with Crippen LogP contribution in [0, 0.1) is 6.92 Å². The van der Waals surface area contributed by atoms with Gasteiger partial charge in [-0.05, 0) is 43.7 Å². The summed E-state index contributed by atoms with van der Waals surface area (Å²) in [6, 6.07) is 17.7. The summed E-state index contributed by atoms with van der Waals surface area (Å²) in [6.45, 7) is 3.80. The van der Waals surface area contributed by atoms with Crippen molar-refractivity contribution in [3.63, 3.8) is 0 Å². The van der Waals surface area contributed by atoms with Gasteiger partial charge in [0.1, 0.15) is 11.1 Å². The van der Waals surface area contributed by atoms with E-state index in [1.165, 1.54) is 0 Å². The molecule has 0 aliphatic carbocycles. The fourth-order valence-electron chi connectivity index (χ4n) is 3.85. The SMILES string of the molecule is Cc1c(N2C(=O)[C@@H](C)S[C@@H]2c2ccc(N(C)C)cc2)c(=O)n(-c2ccccc2)n1C. The van der Waals surface area contributed by atoms with Crippen LogP contribution in [0.2, 0.25) is 0 Å². The van der Waals surface area contributed by atoms with Crippen molar-refractivity contribution >= 4 is 29.0 Å². The van der Waals surface area contributed by atoms with Gasteiger partial charge < -0.3 is 4.90 Å². The summed E-state index contributed by atoms with van der Waals surface area (Å²) in [5.41, 5.74) is 3.91. The summed E-state index contributed by atoms with van der Waals surface area (Å²) in [5.74, 6) is -0.0345. The molecule has 4 rings (SSSR count). The summed E-state index contributed by atoms with van der Waals surface area (Å²) in [4.78, 5) is 30.4. The van der Waals surface area contributed by atoms with Crippen molar-refractivity contribution in [1.82, 2.24) is 9.36 Å². The highest BCUT2D eigenvalue weighted by Gasteiger charge is 2.42. The Morgan fingerprint density at radius 1 is 0.967 bits per heavy atom. The minimum atomic E-state index is -0.235. The number of anilines is 2. The normalized spacial score (nSPS) is 18.8. The first kappa shape index (κ1) is 20.3. The largest absolute Gasteiger partial charge is 0.378 e. The van der Waals surface area contributed by atoms with Gasteiger partial charge in [0.2, 0.25) is 5.91 Å². The van der Waals surface area contributed by atoms with E-state index >= 15 is 0 Å². The van der Waals surface area contributed by atoms with Gasteiger partial charge in [0, 0.05) is 26.8 Å². The van der Waals surface area contributed by atoms with Crippen LogP contribution in [-0.4, -0.2) is 34.6 Å². The van der Waals surface area contributed by atoms with E-state index < -0.39 is 0 Å². The Kier molecular flexibility index (Phi) is 5.24.